The van der Waals surface area contributed by atoms with E-state index in [1.807, 2.05) is 18.2 Å². The van der Waals surface area contributed by atoms with Gasteiger partial charge in [0, 0.05) is 23.2 Å². The molecule has 140 valence electrons. The lowest BCUT2D eigenvalue weighted by Gasteiger charge is -2.23. The Kier molecular flexibility index (Phi) is 7.96. The third-order valence-electron chi connectivity index (χ3n) is 4.08. The van der Waals surface area contributed by atoms with Crippen molar-refractivity contribution in [2.24, 2.45) is 5.92 Å². The summed E-state index contributed by atoms with van der Waals surface area (Å²) in [4.78, 5) is 12.1. The van der Waals surface area contributed by atoms with E-state index in [1.165, 1.54) is 0 Å². The van der Waals surface area contributed by atoms with Crippen LogP contribution in [0.2, 0.25) is 5.02 Å². The summed E-state index contributed by atoms with van der Waals surface area (Å²) in [5, 5.41) is 16.4. The lowest BCUT2D eigenvalue weighted by molar-refractivity contribution is -0.0718. The number of hydrogen-bond acceptors (Lipinski definition) is 5. The number of carbonyl (C=O) groups excluding carboxylic acids is 1. The van der Waals surface area contributed by atoms with Gasteiger partial charge in [-0.1, -0.05) is 43.6 Å². The molecule has 0 aromatic heterocycles. The number of alkyl carbamates (subject to hydrolysis) is 1. The second-order valence-corrected chi connectivity index (χ2v) is 7.11. The fraction of sp³-hybridized carbons (Fsp3) is 0.611. The Morgan fingerprint density at radius 3 is 2.84 bits per heavy atom. The molecule has 1 fully saturated rings. The van der Waals surface area contributed by atoms with Gasteiger partial charge < -0.3 is 25.2 Å². The summed E-state index contributed by atoms with van der Waals surface area (Å²) in [5.41, 5.74) is 0.768. The minimum absolute atomic E-state index is 0.0912. The van der Waals surface area contributed by atoms with E-state index in [1.54, 1.807) is 6.07 Å². The van der Waals surface area contributed by atoms with E-state index in [4.69, 9.17) is 21.1 Å². The number of rotatable bonds is 8. The van der Waals surface area contributed by atoms with Crippen molar-refractivity contribution in [3.8, 4) is 0 Å². The third kappa shape index (κ3) is 6.82. The highest BCUT2D eigenvalue weighted by atomic mass is 35.5. The van der Waals surface area contributed by atoms with Crippen molar-refractivity contribution < 1.29 is 19.4 Å². The molecular weight excluding hydrogens is 344 g/mol. The van der Waals surface area contributed by atoms with E-state index in [-0.39, 0.29) is 18.7 Å². The molecular formula is C18H27ClN2O4. The van der Waals surface area contributed by atoms with Gasteiger partial charge in [-0.05, 0) is 24.8 Å². The van der Waals surface area contributed by atoms with Crippen LogP contribution in [0.3, 0.4) is 0 Å². The third-order valence-corrected chi connectivity index (χ3v) is 4.45. The van der Waals surface area contributed by atoms with Crippen LogP contribution < -0.4 is 10.6 Å². The SMILES string of the molecule is CC(C)C[C@H](CN[C@H]1CCOC1O)NC(=O)OCc1ccccc1Cl. The number of nitrogens with one attached hydrogen (secondary N) is 2. The molecule has 3 N–H and O–H groups in total. The zero-order valence-electron chi connectivity index (χ0n) is 14.7. The Labute approximate surface area is 153 Å². The molecule has 1 aliphatic heterocycles. The summed E-state index contributed by atoms with van der Waals surface area (Å²) < 4.78 is 10.4. The van der Waals surface area contributed by atoms with Gasteiger partial charge in [-0.25, -0.2) is 4.79 Å². The van der Waals surface area contributed by atoms with Crippen LogP contribution in [0.25, 0.3) is 0 Å². The van der Waals surface area contributed by atoms with E-state index < -0.39 is 12.4 Å². The Hall–Kier alpha value is -1.34. The van der Waals surface area contributed by atoms with Crippen LogP contribution in [-0.4, -0.2) is 42.7 Å². The molecule has 7 heteroatoms. The molecule has 1 amide bonds. The number of hydrogen-bond donors (Lipinski definition) is 3. The molecule has 1 unspecified atom stereocenters. The van der Waals surface area contributed by atoms with E-state index in [0.29, 0.717) is 24.1 Å². The topological polar surface area (TPSA) is 79.8 Å². The molecule has 25 heavy (non-hydrogen) atoms. The van der Waals surface area contributed by atoms with Crippen molar-refractivity contribution in [3.05, 3.63) is 34.9 Å². The van der Waals surface area contributed by atoms with Crippen LogP contribution in [-0.2, 0) is 16.1 Å². The summed E-state index contributed by atoms with van der Waals surface area (Å²) >= 11 is 6.06. The maximum atomic E-state index is 12.1. The molecule has 1 aromatic carbocycles. The van der Waals surface area contributed by atoms with E-state index in [2.05, 4.69) is 24.5 Å². The summed E-state index contributed by atoms with van der Waals surface area (Å²) in [7, 11) is 0. The van der Waals surface area contributed by atoms with Gasteiger partial charge in [0.05, 0.1) is 12.6 Å². The van der Waals surface area contributed by atoms with Crippen LogP contribution in [0.1, 0.15) is 32.3 Å². The maximum absolute atomic E-state index is 12.1. The van der Waals surface area contributed by atoms with Gasteiger partial charge in [0.15, 0.2) is 6.29 Å². The average Bonchev–Trinajstić information content (AvgIpc) is 2.96. The number of benzene rings is 1. The summed E-state index contributed by atoms with van der Waals surface area (Å²) in [5.74, 6) is 0.417. The molecule has 3 atom stereocenters. The number of ether oxygens (including phenoxy) is 2. The van der Waals surface area contributed by atoms with Crippen molar-refractivity contribution >= 4 is 17.7 Å². The minimum Gasteiger partial charge on any atom is -0.445 e. The first-order chi connectivity index (χ1) is 12.0. The first-order valence-corrected chi connectivity index (χ1v) is 9.03. The van der Waals surface area contributed by atoms with Crippen LogP contribution in [0.4, 0.5) is 4.79 Å². The molecule has 0 saturated carbocycles. The molecule has 1 aromatic rings. The number of carbonyl (C=O) groups is 1. The Balaban J connectivity index is 1.81. The fourth-order valence-electron chi connectivity index (χ4n) is 2.80. The Morgan fingerprint density at radius 1 is 1.44 bits per heavy atom. The minimum atomic E-state index is -0.785. The van der Waals surface area contributed by atoms with E-state index in [0.717, 1.165) is 18.4 Å². The van der Waals surface area contributed by atoms with Crippen molar-refractivity contribution in [1.29, 1.82) is 0 Å². The maximum Gasteiger partial charge on any atom is 0.407 e. The summed E-state index contributed by atoms with van der Waals surface area (Å²) in [6.07, 6.45) is 0.298. The second-order valence-electron chi connectivity index (χ2n) is 6.70. The van der Waals surface area contributed by atoms with Gasteiger partial charge in [-0.2, -0.15) is 0 Å². The summed E-state index contributed by atoms with van der Waals surface area (Å²) in [6, 6.07) is 7.07. The van der Waals surface area contributed by atoms with Crippen LogP contribution in [0.5, 0.6) is 0 Å². The van der Waals surface area contributed by atoms with E-state index in [9.17, 15) is 9.90 Å². The molecule has 0 spiro atoms. The molecule has 1 aliphatic rings. The van der Waals surface area contributed by atoms with Gasteiger partial charge in [0.25, 0.3) is 0 Å². The largest absolute Gasteiger partial charge is 0.445 e. The van der Waals surface area contributed by atoms with Gasteiger partial charge in [0.1, 0.15) is 6.61 Å². The van der Waals surface area contributed by atoms with Gasteiger partial charge in [-0.15, -0.1) is 0 Å². The first-order valence-electron chi connectivity index (χ1n) is 8.65. The zero-order chi connectivity index (χ0) is 18.2. The molecule has 1 heterocycles. The number of aliphatic hydroxyl groups is 1. The molecule has 0 aliphatic carbocycles. The first kappa shape index (κ1) is 20.0. The smallest absolute Gasteiger partial charge is 0.407 e. The molecule has 0 radical (unpaired) electrons. The van der Waals surface area contributed by atoms with Gasteiger partial charge in [-0.3, -0.25) is 0 Å². The molecule has 6 nitrogen and oxygen atoms in total. The standard InChI is InChI=1S/C18H27ClN2O4/c1-12(2)9-14(10-20-16-7-8-24-17(16)22)21-18(23)25-11-13-5-3-4-6-15(13)19/h3-6,12,14,16-17,20,22H,7-11H2,1-2H3,(H,21,23)/t14-,16+,17?/m1/s1. The average molecular weight is 371 g/mol. The molecule has 0 bridgehead atoms. The molecule has 2 rings (SSSR count). The van der Waals surface area contributed by atoms with Crippen molar-refractivity contribution in [2.75, 3.05) is 13.2 Å². The highest BCUT2D eigenvalue weighted by Gasteiger charge is 2.26. The van der Waals surface area contributed by atoms with Crippen molar-refractivity contribution in [3.63, 3.8) is 0 Å². The van der Waals surface area contributed by atoms with Crippen LogP contribution in [0, 0.1) is 5.92 Å². The highest BCUT2D eigenvalue weighted by Crippen LogP contribution is 2.16. The van der Waals surface area contributed by atoms with E-state index >= 15 is 0 Å². The number of aliphatic hydroxyl groups excluding tert-OH is 1. The Morgan fingerprint density at radius 2 is 2.20 bits per heavy atom. The predicted molar refractivity (Wildman–Crippen MR) is 96.4 cm³/mol. The lowest BCUT2D eigenvalue weighted by Crippen LogP contribution is -2.47. The van der Waals surface area contributed by atoms with Crippen LogP contribution >= 0.6 is 11.6 Å². The Bertz CT molecular complexity index is 556. The fourth-order valence-corrected chi connectivity index (χ4v) is 2.99. The van der Waals surface area contributed by atoms with Crippen molar-refractivity contribution in [1.82, 2.24) is 10.6 Å². The highest BCUT2D eigenvalue weighted by molar-refractivity contribution is 6.31. The van der Waals surface area contributed by atoms with Crippen LogP contribution in [0.15, 0.2) is 24.3 Å². The predicted octanol–water partition coefficient (Wildman–Crippen LogP) is 2.68. The normalized spacial score (nSPS) is 21.3. The van der Waals surface area contributed by atoms with Gasteiger partial charge >= 0.3 is 6.09 Å². The van der Waals surface area contributed by atoms with Crippen molar-refractivity contribution in [2.45, 2.75) is 51.7 Å². The number of halogens is 1. The van der Waals surface area contributed by atoms with Gasteiger partial charge in [0.2, 0.25) is 0 Å². The summed E-state index contributed by atoms with van der Waals surface area (Å²) in [6.45, 7) is 5.41. The molecule has 1 saturated heterocycles. The number of amides is 1. The monoisotopic (exact) mass is 370 g/mol. The lowest BCUT2D eigenvalue weighted by atomic mass is 10.0. The quantitative estimate of drug-likeness (QED) is 0.655. The zero-order valence-corrected chi connectivity index (χ0v) is 15.5. The second kappa shape index (κ2) is 9.97.